The first-order valence-corrected chi connectivity index (χ1v) is 11.1. The molecule has 8 heteroatoms. The molecule has 1 atom stereocenters. The van der Waals surface area contributed by atoms with Crippen molar-refractivity contribution in [2.45, 2.75) is 32.7 Å². The molecule has 1 spiro atoms. The van der Waals surface area contributed by atoms with Crippen LogP contribution >= 0.6 is 24.0 Å². The SMILES string of the molecule is CCCOc1ccc(Oc2ncccc2CNC(=NC)N2CCC3(CCOC3)C2)cc1.I. The molecule has 1 aromatic carbocycles. The molecule has 2 aromatic rings. The van der Waals surface area contributed by atoms with E-state index in [-0.39, 0.29) is 24.0 Å². The van der Waals surface area contributed by atoms with Gasteiger partial charge in [-0.1, -0.05) is 13.0 Å². The summed E-state index contributed by atoms with van der Waals surface area (Å²) in [6.07, 6.45) is 5.03. The Kier molecular flexibility index (Phi) is 8.98. The number of halogens is 1. The first kappa shape index (κ1) is 24.6. The summed E-state index contributed by atoms with van der Waals surface area (Å²) in [6.45, 7) is 7.14. The van der Waals surface area contributed by atoms with Crippen molar-refractivity contribution < 1.29 is 14.2 Å². The minimum absolute atomic E-state index is 0. The van der Waals surface area contributed by atoms with Gasteiger partial charge in [-0.3, -0.25) is 4.99 Å². The van der Waals surface area contributed by atoms with Crippen LogP contribution in [-0.4, -0.2) is 55.8 Å². The number of hydrogen-bond acceptors (Lipinski definition) is 5. The minimum atomic E-state index is 0. The van der Waals surface area contributed by atoms with E-state index in [1.807, 2.05) is 43.4 Å². The lowest BCUT2D eigenvalue weighted by molar-refractivity contribution is 0.156. The number of rotatable bonds is 7. The summed E-state index contributed by atoms with van der Waals surface area (Å²) in [7, 11) is 1.83. The van der Waals surface area contributed by atoms with E-state index in [2.05, 4.69) is 27.1 Å². The Morgan fingerprint density at radius 3 is 2.75 bits per heavy atom. The molecule has 2 aliphatic rings. The largest absolute Gasteiger partial charge is 0.494 e. The van der Waals surface area contributed by atoms with Crippen LogP contribution in [0.1, 0.15) is 31.7 Å². The zero-order valence-electron chi connectivity index (χ0n) is 18.9. The Bertz CT molecular complexity index is 885. The highest BCUT2D eigenvalue weighted by atomic mass is 127. The Labute approximate surface area is 207 Å². The average molecular weight is 552 g/mol. The number of aromatic nitrogens is 1. The summed E-state index contributed by atoms with van der Waals surface area (Å²) in [6, 6.07) is 11.6. The van der Waals surface area contributed by atoms with Crippen molar-refractivity contribution in [3.05, 3.63) is 48.2 Å². The van der Waals surface area contributed by atoms with E-state index in [1.54, 1.807) is 6.20 Å². The molecule has 7 nitrogen and oxygen atoms in total. The van der Waals surface area contributed by atoms with Crippen LogP contribution in [0.25, 0.3) is 0 Å². The number of guanidine groups is 1. The minimum Gasteiger partial charge on any atom is -0.494 e. The van der Waals surface area contributed by atoms with Crippen LogP contribution in [-0.2, 0) is 11.3 Å². The molecule has 0 bridgehead atoms. The average Bonchev–Trinajstić information content (AvgIpc) is 3.44. The monoisotopic (exact) mass is 552 g/mol. The fourth-order valence-electron chi connectivity index (χ4n) is 4.18. The molecule has 0 saturated carbocycles. The van der Waals surface area contributed by atoms with Gasteiger partial charge >= 0.3 is 0 Å². The molecular formula is C24H33IN4O3. The maximum absolute atomic E-state index is 6.06. The quantitative estimate of drug-likeness (QED) is 0.311. The van der Waals surface area contributed by atoms with Gasteiger partial charge in [0.15, 0.2) is 5.96 Å². The van der Waals surface area contributed by atoms with Crippen molar-refractivity contribution in [2.24, 2.45) is 10.4 Å². The van der Waals surface area contributed by atoms with Gasteiger partial charge in [-0.05, 0) is 49.6 Å². The van der Waals surface area contributed by atoms with E-state index >= 15 is 0 Å². The summed E-state index contributed by atoms with van der Waals surface area (Å²) in [5.41, 5.74) is 1.28. The van der Waals surface area contributed by atoms with Gasteiger partial charge in [-0.15, -0.1) is 24.0 Å². The number of likely N-dealkylation sites (tertiary alicyclic amines) is 1. The van der Waals surface area contributed by atoms with Crippen molar-refractivity contribution in [2.75, 3.05) is 40.0 Å². The van der Waals surface area contributed by atoms with Gasteiger partial charge < -0.3 is 24.4 Å². The summed E-state index contributed by atoms with van der Waals surface area (Å²) in [5.74, 6) is 3.08. The molecule has 4 rings (SSSR count). The predicted molar refractivity (Wildman–Crippen MR) is 136 cm³/mol. The molecule has 1 N–H and O–H groups in total. The second-order valence-electron chi connectivity index (χ2n) is 8.26. The predicted octanol–water partition coefficient (Wildman–Crippen LogP) is 4.47. The van der Waals surface area contributed by atoms with Crippen molar-refractivity contribution in [1.29, 1.82) is 0 Å². The highest BCUT2D eigenvalue weighted by molar-refractivity contribution is 14.0. The molecule has 1 aromatic heterocycles. The number of aliphatic imine (C=N–C) groups is 1. The summed E-state index contributed by atoms with van der Waals surface area (Å²) in [4.78, 5) is 11.3. The van der Waals surface area contributed by atoms with Crippen LogP contribution in [0.15, 0.2) is 47.6 Å². The van der Waals surface area contributed by atoms with Crippen LogP contribution in [0.3, 0.4) is 0 Å². The number of pyridine rings is 1. The van der Waals surface area contributed by atoms with E-state index in [0.717, 1.165) is 68.6 Å². The van der Waals surface area contributed by atoms with Crippen LogP contribution < -0.4 is 14.8 Å². The Balaban J connectivity index is 0.00000289. The van der Waals surface area contributed by atoms with Crippen LogP contribution in [0.4, 0.5) is 0 Å². The molecule has 0 aliphatic carbocycles. The van der Waals surface area contributed by atoms with E-state index in [4.69, 9.17) is 14.2 Å². The van der Waals surface area contributed by atoms with Crippen molar-refractivity contribution in [3.8, 4) is 17.4 Å². The van der Waals surface area contributed by atoms with Gasteiger partial charge in [-0.2, -0.15) is 0 Å². The standard InChI is InChI=1S/C24H32N4O3.HI/c1-3-14-30-20-6-8-21(9-7-20)31-22-19(5-4-12-26-22)16-27-23(25-2)28-13-10-24(17-28)11-15-29-18-24;/h4-9,12H,3,10-11,13-18H2,1-2H3,(H,25,27);1H. The van der Waals surface area contributed by atoms with Gasteiger partial charge in [0.05, 0.1) is 13.2 Å². The fourth-order valence-corrected chi connectivity index (χ4v) is 4.18. The van der Waals surface area contributed by atoms with Crippen molar-refractivity contribution >= 4 is 29.9 Å². The normalized spacial score (nSPS) is 20.3. The van der Waals surface area contributed by atoms with Crippen LogP contribution in [0.5, 0.6) is 17.4 Å². The molecule has 174 valence electrons. The highest BCUT2D eigenvalue weighted by Crippen LogP contribution is 2.38. The Hall–Kier alpha value is -2.07. The van der Waals surface area contributed by atoms with Crippen LogP contribution in [0, 0.1) is 5.41 Å². The highest BCUT2D eigenvalue weighted by Gasteiger charge is 2.42. The van der Waals surface area contributed by atoms with E-state index in [1.165, 1.54) is 0 Å². The maximum atomic E-state index is 6.06. The third-order valence-corrected chi connectivity index (χ3v) is 5.93. The lowest BCUT2D eigenvalue weighted by atomic mass is 9.87. The molecule has 2 saturated heterocycles. The molecule has 32 heavy (non-hydrogen) atoms. The first-order chi connectivity index (χ1) is 15.2. The van der Waals surface area contributed by atoms with Gasteiger partial charge in [-0.25, -0.2) is 4.98 Å². The summed E-state index contributed by atoms with van der Waals surface area (Å²) in [5, 5.41) is 3.49. The Morgan fingerprint density at radius 1 is 1.22 bits per heavy atom. The topological polar surface area (TPSA) is 68.2 Å². The lowest BCUT2D eigenvalue weighted by Gasteiger charge is -2.25. The molecule has 0 radical (unpaired) electrons. The number of ether oxygens (including phenoxy) is 3. The molecule has 3 heterocycles. The van der Waals surface area contributed by atoms with Gasteiger partial charge in [0.25, 0.3) is 0 Å². The maximum Gasteiger partial charge on any atom is 0.224 e. The molecule has 0 amide bonds. The Morgan fingerprint density at radius 2 is 2.03 bits per heavy atom. The van der Waals surface area contributed by atoms with Gasteiger partial charge in [0.2, 0.25) is 5.88 Å². The molecular weight excluding hydrogens is 519 g/mol. The third-order valence-electron chi connectivity index (χ3n) is 5.93. The van der Waals surface area contributed by atoms with Gasteiger partial charge in [0, 0.05) is 50.5 Å². The van der Waals surface area contributed by atoms with Crippen molar-refractivity contribution in [3.63, 3.8) is 0 Å². The van der Waals surface area contributed by atoms with Gasteiger partial charge in [0.1, 0.15) is 11.5 Å². The lowest BCUT2D eigenvalue weighted by Crippen LogP contribution is -2.41. The molecule has 1 unspecified atom stereocenters. The van der Waals surface area contributed by atoms with Crippen molar-refractivity contribution in [1.82, 2.24) is 15.2 Å². The number of hydrogen-bond donors (Lipinski definition) is 1. The van der Waals surface area contributed by atoms with Crippen LogP contribution in [0.2, 0.25) is 0 Å². The number of benzene rings is 1. The summed E-state index contributed by atoms with van der Waals surface area (Å²) < 4.78 is 17.4. The van der Waals surface area contributed by atoms with E-state index in [0.29, 0.717) is 24.4 Å². The zero-order valence-corrected chi connectivity index (χ0v) is 21.2. The first-order valence-electron chi connectivity index (χ1n) is 11.1. The smallest absolute Gasteiger partial charge is 0.224 e. The number of nitrogens with one attached hydrogen (secondary N) is 1. The molecule has 2 fully saturated rings. The second kappa shape index (κ2) is 11.7. The fraction of sp³-hybridized carbons (Fsp3) is 0.500. The third kappa shape index (κ3) is 6.04. The van der Waals surface area contributed by atoms with E-state index in [9.17, 15) is 0 Å². The second-order valence-corrected chi connectivity index (χ2v) is 8.26. The summed E-state index contributed by atoms with van der Waals surface area (Å²) >= 11 is 0. The molecule has 2 aliphatic heterocycles. The number of nitrogens with zero attached hydrogens (tertiary/aromatic N) is 3. The van der Waals surface area contributed by atoms with E-state index < -0.39 is 0 Å². The zero-order chi connectivity index (χ0) is 21.5.